The van der Waals surface area contributed by atoms with Crippen molar-refractivity contribution in [2.24, 2.45) is 10.9 Å². The normalized spacial score (nSPS) is 13.7. The van der Waals surface area contributed by atoms with Crippen LogP contribution in [-0.2, 0) is 4.79 Å². The molecule has 0 bridgehead atoms. The highest BCUT2D eigenvalue weighted by molar-refractivity contribution is 5.77. The van der Waals surface area contributed by atoms with Gasteiger partial charge in [0.05, 0.1) is 0 Å². The molecule has 7 heteroatoms. The number of hydroxylamine groups is 2. The van der Waals surface area contributed by atoms with E-state index < -0.39 is 12.0 Å². The summed E-state index contributed by atoms with van der Waals surface area (Å²) < 4.78 is 0. The average molecular weight is 219 g/mol. The Hall–Kier alpha value is -1.34. The van der Waals surface area contributed by atoms with Crippen LogP contribution in [0.1, 0.15) is 26.2 Å². The third-order valence-corrected chi connectivity index (χ3v) is 1.97. The summed E-state index contributed by atoms with van der Waals surface area (Å²) in [5.41, 5.74) is 5.28. The standard InChI is InChI=1S/C8H17N3O4/c1-6(10-14)11(15)5-3-2-4-7(9)8(12)13/h7,14-15H,2-5,9H2,1H3,(H,12,13)/b10-6+/t7-/m0/s1. The molecule has 0 spiro atoms. The lowest BCUT2D eigenvalue weighted by Crippen LogP contribution is -2.30. The third-order valence-electron chi connectivity index (χ3n) is 1.97. The average Bonchev–Trinajstić information content (AvgIpc) is 2.22. The van der Waals surface area contributed by atoms with E-state index in [0.717, 1.165) is 5.06 Å². The van der Waals surface area contributed by atoms with Crippen LogP contribution < -0.4 is 5.73 Å². The molecule has 0 aromatic rings. The zero-order valence-electron chi connectivity index (χ0n) is 8.63. The molecular formula is C8H17N3O4. The second kappa shape index (κ2) is 7.02. The topological polar surface area (TPSA) is 119 Å². The highest BCUT2D eigenvalue weighted by atomic mass is 16.5. The molecule has 0 fully saturated rings. The molecule has 0 unspecified atom stereocenters. The molecule has 0 radical (unpaired) electrons. The summed E-state index contributed by atoms with van der Waals surface area (Å²) in [5.74, 6) is -0.929. The van der Waals surface area contributed by atoms with Gasteiger partial charge in [0, 0.05) is 6.54 Å². The van der Waals surface area contributed by atoms with Crippen molar-refractivity contribution in [2.45, 2.75) is 32.2 Å². The molecule has 0 saturated carbocycles. The van der Waals surface area contributed by atoms with Gasteiger partial charge in [0.2, 0.25) is 0 Å². The number of hydrogen-bond acceptors (Lipinski definition) is 5. The van der Waals surface area contributed by atoms with E-state index in [1.165, 1.54) is 6.92 Å². The number of carbonyl (C=O) groups is 1. The maximum Gasteiger partial charge on any atom is 0.320 e. The van der Waals surface area contributed by atoms with E-state index in [1.807, 2.05) is 0 Å². The Kier molecular flexibility index (Phi) is 6.39. The van der Waals surface area contributed by atoms with Gasteiger partial charge in [0.1, 0.15) is 6.04 Å². The molecule has 0 saturated heterocycles. The summed E-state index contributed by atoms with van der Waals surface area (Å²) in [4.78, 5) is 10.3. The number of unbranched alkanes of at least 4 members (excludes halogenated alkanes) is 1. The number of carboxylic acid groups (broad SMARTS) is 1. The van der Waals surface area contributed by atoms with Gasteiger partial charge < -0.3 is 16.0 Å². The fourth-order valence-electron chi connectivity index (χ4n) is 0.963. The monoisotopic (exact) mass is 219 g/mol. The van der Waals surface area contributed by atoms with Gasteiger partial charge in [-0.1, -0.05) is 5.16 Å². The first-order chi connectivity index (χ1) is 6.99. The minimum absolute atomic E-state index is 0.0949. The zero-order valence-corrected chi connectivity index (χ0v) is 8.63. The first kappa shape index (κ1) is 13.7. The van der Waals surface area contributed by atoms with Crippen LogP contribution >= 0.6 is 0 Å². The van der Waals surface area contributed by atoms with Crippen LogP contribution in [0.15, 0.2) is 5.16 Å². The smallest absolute Gasteiger partial charge is 0.320 e. The second-order valence-corrected chi connectivity index (χ2v) is 3.21. The molecule has 0 rings (SSSR count). The maximum absolute atomic E-state index is 10.3. The lowest BCUT2D eigenvalue weighted by Gasteiger charge is -2.14. The van der Waals surface area contributed by atoms with Crippen molar-refractivity contribution in [3.05, 3.63) is 0 Å². The van der Waals surface area contributed by atoms with Gasteiger partial charge in [-0.05, 0) is 26.2 Å². The number of rotatable bonds is 6. The molecule has 0 amide bonds. The highest BCUT2D eigenvalue weighted by Gasteiger charge is 2.10. The fraction of sp³-hybridized carbons (Fsp3) is 0.750. The van der Waals surface area contributed by atoms with Crippen molar-refractivity contribution < 1.29 is 20.3 Å². The molecule has 0 aromatic carbocycles. The third kappa shape index (κ3) is 5.87. The number of hydrogen-bond donors (Lipinski definition) is 4. The SMILES string of the molecule is C/C(=N\O)N(O)CCCC[C@H](N)C(=O)O. The molecule has 0 aliphatic rings. The summed E-state index contributed by atoms with van der Waals surface area (Å²) >= 11 is 0. The zero-order chi connectivity index (χ0) is 11.8. The molecular weight excluding hydrogens is 202 g/mol. The van der Waals surface area contributed by atoms with E-state index in [1.54, 1.807) is 0 Å². The molecule has 7 nitrogen and oxygen atoms in total. The first-order valence-electron chi connectivity index (χ1n) is 4.62. The van der Waals surface area contributed by atoms with Gasteiger partial charge in [0.15, 0.2) is 5.84 Å². The van der Waals surface area contributed by atoms with Gasteiger partial charge in [-0.2, -0.15) is 0 Å². The van der Waals surface area contributed by atoms with Crippen LogP contribution in [-0.4, -0.2) is 45.0 Å². The molecule has 15 heavy (non-hydrogen) atoms. The van der Waals surface area contributed by atoms with E-state index in [-0.39, 0.29) is 12.4 Å². The van der Waals surface area contributed by atoms with Crippen molar-refractivity contribution in [3.8, 4) is 0 Å². The quantitative estimate of drug-likeness (QED) is 0.165. The lowest BCUT2D eigenvalue weighted by molar-refractivity contribution is -0.138. The maximum atomic E-state index is 10.3. The van der Waals surface area contributed by atoms with Crippen LogP contribution in [0.5, 0.6) is 0 Å². The Morgan fingerprint density at radius 3 is 2.60 bits per heavy atom. The van der Waals surface area contributed by atoms with Gasteiger partial charge in [-0.3, -0.25) is 10.0 Å². The Morgan fingerprint density at radius 1 is 1.53 bits per heavy atom. The number of amidine groups is 1. The van der Waals surface area contributed by atoms with Crippen molar-refractivity contribution in [1.29, 1.82) is 0 Å². The largest absolute Gasteiger partial charge is 0.480 e. The van der Waals surface area contributed by atoms with Gasteiger partial charge in [-0.25, -0.2) is 5.06 Å². The van der Waals surface area contributed by atoms with Gasteiger partial charge >= 0.3 is 5.97 Å². The Morgan fingerprint density at radius 2 is 2.13 bits per heavy atom. The predicted octanol–water partition coefficient (Wildman–Crippen LogP) is 0.0674. The summed E-state index contributed by atoms with van der Waals surface area (Å²) in [6.07, 6.45) is 1.52. The van der Waals surface area contributed by atoms with Crippen molar-refractivity contribution in [3.63, 3.8) is 0 Å². The molecule has 88 valence electrons. The summed E-state index contributed by atoms with van der Waals surface area (Å²) in [5, 5.41) is 29.6. The van der Waals surface area contributed by atoms with E-state index >= 15 is 0 Å². The number of nitrogens with two attached hydrogens (primary N) is 1. The van der Waals surface area contributed by atoms with Crippen LogP contribution in [0.4, 0.5) is 0 Å². The van der Waals surface area contributed by atoms with Crippen LogP contribution in [0.3, 0.4) is 0 Å². The van der Waals surface area contributed by atoms with Crippen LogP contribution in [0.2, 0.25) is 0 Å². The Bertz CT molecular complexity index is 232. The van der Waals surface area contributed by atoms with Crippen LogP contribution in [0, 0.1) is 0 Å². The van der Waals surface area contributed by atoms with Crippen molar-refractivity contribution >= 4 is 11.8 Å². The first-order valence-corrected chi connectivity index (χ1v) is 4.62. The van der Waals surface area contributed by atoms with Gasteiger partial charge in [-0.15, -0.1) is 0 Å². The van der Waals surface area contributed by atoms with Gasteiger partial charge in [0.25, 0.3) is 0 Å². The van der Waals surface area contributed by atoms with Crippen molar-refractivity contribution in [1.82, 2.24) is 5.06 Å². The minimum atomic E-state index is -1.02. The Labute approximate surface area is 87.7 Å². The number of carboxylic acids is 1. The number of oxime groups is 1. The Balaban J connectivity index is 3.59. The minimum Gasteiger partial charge on any atom is -0.480 e. The highest BCUT2D eigenvalue weighted by Crippen LogP contribution is 2.01. The molecule has 5 N–H and O–H groups in total. The fourth-order valence-corrected chi connectivity index (χ4v) is 0.963. The lowest BCUT2D eigenvalue weighted by atomic mass is 10.1. The van der Waals surface area contributed by atoms with Crippen LogP contribution in [0.25, 0.3) is 0 Å². The number of nitrogens with zero attached hydrogens (tertiary/aromatic N) is 2. The van der Waals surface area contributed by atoms with E-state index in [2.05, 4.69) is 5.16 Å². The predicted molar refractivity (Wildman–Crippen MR) is 52.9 cm³/mol. The van der Waals surface area contributed by atoms with E-state index in [0.29, 0.717) is 19.3 Å². The summed E-state index contributed by atoms with van der Waals surface area (Å²) in [6.45, 7) is 1.73. The number of aliphatic carboxylic acids is 1. The molecule has 0 heterocycles. The molecule has 0 aliphatic heterocycles. The van der Waals surface area contributed by atoms with E-state index in [4.69, 9.17) is 16.0 Å². The molecule has 0 aromatic heterocycles. The molecule has 0 aliphatic carbocycles. The van der Waals surface area contributed by atoms with Crippen molar-refractivity contribution in [2.75, 3.05) is 6.54 Å². The molecule has 1 atom stereocenters. The second-order valence-electron chi connectivity index (χ2n) is 3.21. The summed E-state index contributed by atoms with van der Waals surface area (Å²) in [7, 11) is 0. The summed E-state index contributed by atoms with van der Waals surface area (Å²) in [6, 6.07) is -0.857. The van der Waals surface area contributed by atoms with E-state index in [9.17, 15) is 10.0 Å².